The molecule has 0 aliphatic carbocycles. The zero-order chi connectivity index (χ0) is 12.4. The van der Waals surface area contributed by atoms with Gasteiger partial charge >= 0.3 is 0 Å². The number of halogens is 3. The first-order valence-corrected chi connectivity index (χ1v) is 5.70. The first-order valence-electron chi connectivity index (χ1n) is 4.90. The van der Waals surface area contributed by atoms with Crippen molar-refractivity contribution in [2.75, 3.05) is 5.32 Å². The fraction of sp³-hybridized carbons (Fsp3) is 0.0833. The van der Waals surface area contributed by atoms with Crippen molar-refractivity contribution in [1.82, 2.24) is 4.98 Å². The molecular weight excluding hydrogens is 290 g/mol. The maximum Gasteiger partial charge on any atom is 0.160 e. The van der Waals surface area contributed by atoms with Gasteiger partial charge in [-0.1, -0.05) is 0 Å². The first kappa shape index (κ1) is 12.0. The minimum atomic E-state index is -0.885. The molecule has 88 valence electrons. The Morgan fingerprint density at radius 3 is 2.59 bits per heavy atom. The summed E-state index contributed by atoms with van der Waals surface area (Å²) in [7, 11) is 0. The topological polar surface area (TPSA) is 24.9 Å². The average Bonchev–Trinajstić information content (AvgIpc) is 2.29. The number of rotatable bonds is 2. The summed E-state index contributed by atoms with van der Waals surface area (Å²) in [6.45, 7) is 1.92. The lowest BCUT2D eigenvalue weighted by molar-refractivity contribution is 0.509. The van der Waals surface area contributed by atoms with Gasteiger partial charge in [0.1, 0.15) is 5.82 Å². The maximum atomic E-state index is 13.0. The maximum absolute atomic E-state index is 13.0. The number of aromatic nitrogens is 1. The normalized spacial score (nSPS) is 10.4. The lowest BCUT2D eigenvalue weighted by atomic mass is 10.2. The standard InChI is InChI=1S/C12H9BrF2N2/c1-7-4-12(16-6-9(7)13)17-8-2-3-10(14)11(15)5-8/h2-6H,1H3,(H,16,17). The molecule has 1 N–H and O–H groups in total. The molecule has 5 heteroatoms. The van der Waals surface area contributed by atoms with Gasteiger partial charge in [0.15, 0.2) is 11.6 Å². The molecule has 1 heterocycles. The summed E-state index contributed by atoms with van der Waals surface area (Å²) in [6, 6.07) is 5.43. The van der Waals surface area contributed by atoms with Crippen molar-refractivity contribution >= 4 is 27.4 Å². The molecule has 2 rings (SSSR count). The van der Waals surface area contributed by atoms with Crippen LogP contribution in [0.15, 0.2) is 34.9 Å². The van der Waals surface area contributed by atoms with Crippen LogP contribution in [0.4, 0.5) is 20.3 Å². The van der Waals surface area contributed by atoms with Crippen LogP contribution in [0.2, 0.25) is 0 Å². The molecule has 0 atom stereocenters. The van der Waals surface area contributed by atoms with Crippen molar-refractivity contribution < 1.29 is 8.78 Å². The van der Waals surface area contributed by atoms with Gasteiger partial charge in [0.05, 0.1) is 0 Å². The van der Waals surface area contributed by atoms with Gasteiger partial charge in [-0.2, -0.15) is 0 Å². The molecule has 0 unspecified atom stereocenters. The number of pyridine rings is 1. The lowest BCUT2D eigenvalue weighted by Crippen LogP contribution is -1.95. The molecule has 0 radical (unpaired) electrons. The number of hydrogen-bond donors (Lipinski definition) is 1. The predicted octanol–water partition coefficient (Wildman–Crippen LogP) is 4.17. The van der Waals surface area contributed by atoms with Crippen LogP contribution in [0.1, 0.15) is 5.56 Å². The highest BCUT2D eigenvalue weighted by Crippen LogP contribution is 2.21. The van der Waals surface area contributed by atoms with E-state index < -0.39 is 11.6 Å². The van der Waals surface area contributed by atoms with Crippen LogP contribution in [0.5, 0.6) is 0 Å². The third kappa shape index (κ3) is 2.79. The average molecular weight is 299 g/mol. The van der Waals surface area contributed by atoms with Gasteiger partial charge in [0.25, 0.3) is 0 Å². The Kier molecular flexibility index (Phi) is 3.38. The second kappa shape index (κ2) is 4.79. The summed E-state index contributed by atoms with van der Waals surface area (Å²) >= 11 is 3.34. The minimum absolute atomic E-state index is 0.457. The number of benzene rings is 1. The zero-order valence-electron chi connectivity index (χ0n) is 8.97. The van der Waals surface area contributed by atoms with Crippen molar-refractivity contribution in [3.8, 4) is 0 Å². The largest absolute Gasteiger partial charge is 0.340 e. The molecular formula is C12H9BrF2N2. The van der Waals surface area contributed by atoms with E-state index in [0.717, 1.165) is 22.2 Å². The molecule has 0 aliphatic rings. The van der Waals surface area contributed by atoms with Gasteiger partial charge < -0.3 is 5.32 Å². The number of nitrogens with one attached hydrogen (secondary N) is 1. The van der Waals surface area contributed by atoms with E-state index in [1.807, 2.05) is 13.0 Å². The van der Waals surface area contributed by atoms with Crippen LogP contribution < -0.4 is 5.32 Å². The Balaban J connectivity index is 2.25. The van der Waals surface area contributed by atoms with Crippen molar-refractivity contribution in [1.29, 1.82) is 0 Å². The molecule has 0 bridgehead atoms. The third-order valence-electron chi connectivity index (χ3n) is 2.24. The van der Waals surface area contributed by atoms with Crippen LogP contribution in [0, 0.1) is 18.6 Å². The molecule has 1 aromatic carbocycles. The molecule has 17 heavy (non-hydrogen) atoms. The van der Waals surface area contributed by atoms with Gasteiger partial charge in [0.2, 0.25) is 0 Å². The van der Waals surface area contributed by atoms with Crippen LogP contribution in [-0.2, 0) is 0 Å². The van der Waals surface area contributed by atoms with E-state index >= 15 is 0 Å². The quantitative estimate of drug-likeness (QED) is 0.900. The minimum Gasteiger partial charge on any atom is -0.340 e. The van der Waals surface area contributed by atoms with Crippen LogP contribution >= 0.6 is 15.9 Å². The van der Waals surface area contributed by atoms with E-state index in [2.05, 4.69) is 26.2 Å². The van der Waals surface area contributed by atoms with Crippen LogP contribution in [-0.4, -0.2) is 4.98 Å². The van der Waals surface area contributed by atoms with E-state index in [4.69, 9.17) is 0 Å². The highest BCUT2D eigenvalue weighted by molar-refractivity contribution is 9.10. The molecule has 0 spiro atoms. The van der Waals surface area contributed by atoms with Gasteiger partial charge in [-0.05, 0) is 46.6 Å². The first-order chi connectivity index (χ1) is 8.06. The molecule has 2 nitrogen and oxygen atoms in total. The van der Waals surface area contributed by atoms with Crippen molar-refractivity contribution in [2.24, 2.45) is 0 Å². The van der Waals surface area contributed by atoms with E-state index in [1.54, 1.807) is 6.20 Å². The molecule has 2 aromatic rings. The lowest BCUT2D eigenvalue weighted by Gasteiger charge is -2.07. The second-order valence-corrected chi connectivity index (χ2v) is 4.43. The SMILES string of the molecule is Cc1cc(Nc2ccc(F)c(F)c2)ncc1Br. The summed E-state index contributed by atoms with van der Waals surface area (Å²) in [5.41, 5.74) is 1.46. The summed E-state index contributed by atoms with van der Waals surface area (Å²) in [4.78, 5) is 4.11. The Bertz CT molecular complexity index is 509. The van der Waals surface area contributed by atoms with Gasteiger partial charge in [0, 0.05) is 22.4 Å². The Labute approximate surface area is 106 Å². The predicted molar refractivity (Wildman–Crippen MR) is 66.3 cm³/mol. The molecule has 1 aromatic heterocycles. The van der Waals surface area contributed by atoms with Gasteiger partial charge in [-0.3, -0.25) is 0 Å². The molecule has 0 saturated carbocycles. The fourth-order valence-electron chi connectivity index (χ4n) is 1.33. The van der Waals surface area contributed by atoms with Crippen molar-refractivity contribution in [2.45, 2.75) is 6.92 Å². The molecule has 0 amide bonds. The van der Waals surface area contributed by atoms with Crippen molar-refractivity contribution in [3.05, 3.63) is 52.1 Å². The smallest absolute Gasteiger partial charge is 0.160 e. The molecule has 0 aliphatic heterocycles. The number of hydrogen-bond acceptors (Lipinski definition) is 2. The van der Waals surface area contributed by atoms with E-state index in [0.29, 0.717) is 11.5 Å². The Morgan fingerprint density at radius 2 is 1.94 bits per heavy atom. The number of anilines is 2. The van der Waals surface area contributed by atoms with Crippen LogP contribution in [0.25, 0.3) is 0 Å². The van der Waals surface area contributed by atoms with E-state index in [1.165, 1.54) is 6.07 Å². The highest BCUT2D eigenvalue weighted by atomic mass is 79.9. The van der Waals surface area contributed by atoms with Crippen molar-refractivity contribution in [3.63, 3.8) is 0 Å². The van der Waals surface area contributed by atoms with Gasteiger partial charge in [-0.15, -0.1) is 0 Å². The Hall–Kier alpha value is -1.49. The summed E-state index contributed by atoms with van der Waals surface area (Å²) in [5, 5.41) is 2.90. The van der Waals surface area contributed by atoms with Crippen LogP contribution in [0.3, 0.4) is 0 Å². The third-order valence-corrected chi connectivity index (χ3v) is 3.07. The number of nitrogens with zero attached hydrogens (tertiary/aromatic N) is 1. The summed E-state index contributed by atoms with van der Waals surface area (Å²) in [6.07, 6.45) is 1.65. The number of aryl methyl sites for hydroxylation is 1. The fourth-order valence-corrected chi connectivity index (χ4v) is 1.55. The van der Waals surface area contributed by atoms with E-state index in [9.17, 15) is 8.78 Å². The van der Waals surface area contributed by atoms with E-state index in [-0.39, 0.29) is 0 Å². The Morgan fingerprint density at radius 1 is 1.18 bits per heavy atom. The van der Waals surface area contributed by atoms with Gasteiger partial charge in [-0.25, -0.2) is 13.8 Å². The second-order valence-electron chi connectivity index (χ2n) is 3.57. The summed E-state index contributed by atoms with van der Waals surface area (Å²) < 4.78 is 26.6. The summed E-state index contributed by atoms with van der Waals surface area (Å²) in [5.74, 6) is -1.17. The zero-order valence-corrected chi connectivity index (χ0v) is 10.6. The monoisotopic (exact) mass is 298 g/mol. The highest BCUT2D eigenvalue weighted by Gasteiger charge is 2.04. The molecule has 0 fully saturated rings. The molecule has 0 saturated heterocycles.